The van der Waals surface area contributed by atoms with Crippen molar-refractivity contribution in [3.63, 3.8) is 0 Å². The fourth-order valence-corrected chi connectivity index (χ4v) is 3.91. The van der Waals surface area contributed by atoms with Crippen LogP contribution in [0.4, 0.5) is 0 Å². The number of hydrogen-bond acceptors (Lipinski definition) is 4. The summed E-state index contributed by atoms with van der Waals surface area (Å²) in [5.74, 6) is 0. The Morgan fingerprint density at radius 2 is 1.87 bits per heavy atom. The van der Waals surface area contributed by atoms with E-state index in [4.69, 9.17) is 11.6 Å². The summed E-state index contributed by atoms with van der Waals surface area (Å²) in [6.07, 6.45) is 0. The maximum Gasteiger partial charge on any atom is 0.236 e. The van der Waals surface area contributed by atoms with E-state index in [1.165, 1.54) is 0 Å². The molecule has 0 spiro atoms. The molecule has 0 unspecified atom stereocenters. The molecule has 0 amide bonds. The summed E-state index contributed by atoms with van der Waals surface area (Å²) in [5.41, 5.74) is 0.600. The maximum absolute atomic E-state index is 11.4. The third-order valence-corrected chi connectivity index (χ3v) is 4.74. The van der Waals surface area contributed by atoms with E-state index in [0.29, 0.717) is 21.4 Å². The molecule has 0 bridgehead atoms. The van der Waals surface area contributed by atoms with Gasteiger partial charge in [0.2, 0.25) is 14.0 Å². The Bertz CT molecular complexity index is 560. The number of carbonyl (C=O) groups excluding carboxylic acids is 1. The lowest BCUT2D eigenvalue weighted by molar-refractivity contribution is -0.106. The van der Waals surface area contributed by atoms with Crippen LogP contribution in [-0.2, 0) is 13.7 Å². The molecule has 3 nitrogen and oxygen atoms in total. The largest absolute Gasteiger partial charge is 0.280 e. The Labute approximate surface area is 95.4 Å². The van der Waals surface area contributed by atoms with Gasteiger partial charge < -0.3 is 0 Å². The molecule has 0 saturated carbocycles. The second kappa shape index (κ2) is 3.66. The number of hydrogen-bond donors (Lipinski definition) is 0. The Kier molecular flexibility index (Phi) is 2.62. The standard InChI is InChI=1S/C9H5ClO3S2/c10-8-4-2-1-3-6(8)7-5-15(12,13)14-9(7)11/h1-5H. The lowest BCUT2D eigenvalue weighted by Crippen LogP contribution is -1.91. The predicted molar refractivity (Wildman–Crippen MR) is 60.9 cm³/mol. The van der Waals surface area contributed by atoms with Crippen LogP contribution in [0.1, 0.15) is 5.56 Å². The second-order valence-electron chi connectivity index (χ2n) is 2.87. The summed E-state index contributed by atoms with van der Waals surface area (Å²) in [5, 5.41) is 0.846. The van der Waals surface area contributed by atoms with Crippen molar-refractivity contribution < 1.29 is 13.2 Å². The molecule has 0 atom stereocenters. The summed E-state index contributed by atoms with van der Waals surface area (Å²) in [7, 11) is -3.15. The molecule has 78 valence electrons. The van der Waals surface area contributed by atoms with Gasteiger partial charge in [0.05, 0.1) is 21.8 Å². The summed E-state index contributed by atoms with van der Waals surface area (Å²) < 4.78 is 22.3. The van der Waals surface area contributed by atoms with Crippen molar-refractivity contribution in [2.24, 2.45) is 0 Å². The molecule has 0 fully saturated rings. The normalized spacial score (nSPS) is 19.0. The monoisotopic (exact) mass is 260 g/mol. The molecule has 0 aliphatic carbocycles. The summed E-state index contributed by atoms with van der Waals surface area (Å²) in [4.78, 5) is 11.4. The highest BCUT2D eigenvalue weighted by Gasteiger charge is 2.30. The van der Waals surface area contributed by atoms with E-state index < -0.39 is 14.0 Å². The van der Waals surface area contributed by atoms with Crippen molar-refractivity contribution >= 4 is 42.0 Å². The molecule has 6 heteroatoms. The van der Waals surface area contributed by atoms with Gasteiger partial charge in [0.25, 0.3) is 0 Å². The van der Waals surface area contributed by atoms with Crippen LogP contribution in [0.3, 0.4) is 0 Å². The van der Waals surface area contributed by atoms with Gasteiger partial charge in [0.15, 0.2) is 0 Å². The molecule has 0 aromatic heterocycles. The van der Waals surface area contributed by atoms with Crippen molar-refractivity contribution in [3.8, 4) is 0 Å². The van der Waals surface area contributed by atoms with Gasteiger partial charge in [-0.15, -0.1) is 0 Å². The van der Waals surface area contributed by atoms with E-state index in [1.807, 2.05) is 0 Å². The van der Waals surface area contributed by atoms with E-state index >= 15 is 0 Å². The lowest BCUT2D eigenvalue weighted by Gasteiger charge is -2.00. The van der Waals surface area contributed by atoms with Crippen molar-refractivity contribution in [2.75, 3.05) is 0 Å². The smallest absolute Gasteiger partial charge is 0.236 e. The first-order chi connectivity index (χ1) is 6.99. The van der Waals surface area contributed by atoms with Crippen LogP contribution in [0.25, 0.3) is 5.57 Å². The molecule has 1 aromatic carbocycles. The molecular formula is C9H5ClO3S2. The maximum atomic E-state index is 11.4. The van der Waals surface area contributed by atoms with Gasteiger partial charge in [-0.25, -0.2) is 8.42 Å². The van der Waals surface area contributed by atoms with Crippen molar-refractivity contribution in [1.82, 2.24) is 0 Å². The van der Waals surface area contributed by atoms with Crippen LogP contribution >= 0.6 is 22.4 Å². The average molecular weight is 261 g/mol. The van der Waals surface area contributed by atoms with Crippen LogP contribution in [0, 0.1) is 0 Å². The first-order valence-electron chi connectivity index (χ1n) is 3.95. The summed E-state index contributed by atoms with van der Waals surface area (Å²) in [6, 6.07) is 6.65. The van der Waals surface area contributed by atoms with E-state index in [0.717, 1.165) is 5.41 Å². The highest BCUT2D eigenvalue weighted by Crippen LogP contribution is 2.37. The van der Waals surface area contributed by atoms with Gasteiger partial charge in [0, 0.05) is 10.6 Å². The topological polar surface area (TPSA) is 51.2 Å². The highest BCUT2D eigenvalue weighted by atomic mass is 35.5. The molecule has 1 aliphatic heterocycles. The Morgan fingerprint density at radius 1 is 1.20 bits per heavy atom. The third-order valence-electron chi connectivity index (χ3n) is 1.84. The molecule has 2 rings (SSSR count). The zero-order chi connectivity index (χ0) is 11.1. The minimum atomic E-state index is -3.46. The molecule has 0 saturated heterocycles. The van der Waals surface area contributed by atoms with E-state index in [9.17, 15) is 13.2 Å². The van der Waals surface area contributed by atoms with Gasteiger partial charge in [-0.05, 0) is 6.07 Å². The SMILES string of the molecule is O=C1SS(=O)(=O)C=C1c1ccccc1Cl. The van der Waals surface area contributed by atoms with Crippen LogP contribution in [0.5, 0.6) is 0 Å². The number of carbonyl (C=O) groups is 1. The highest BCUT2D eigenvalue weighted by molar-refractivity contribution is 8.80. The number of rotatable bonds is 1. The van der Waals surface area contributed by atoms with Crippen molar-refractivity contribution in [1.29, 1.82) is 0 Å². The molecule has 0 N–H and O–H groups in total. The fraction of sp³-hybridized carbons (Fsp3) is 0. The van der Waals surface area contributed by atoms with Crippen molar-refractivity contribution in [2.45, 2.75) is 0 Å². The second-order valence-corrected chi connectivity index (χ2v) is 6.93. The molecule has 1 aliphatic rings. The zero-order valence-corrected chi connectivity index (χ0v) is 9.69. The lowest BCUT2D eigenvalue weighted by atomic mass is 10.1. The van der Waals surface area contributed by atoms with E-state index in [-0.39, 0.29) is 5.57 Å². The van der Waals surface area contributed by atoms with Gasteiger partial charge in [-0.1, -0.05) is 29.8 Å². The summed E-state index contributed by atoms with van der Waals surface area (Å²) in [6.45, 7) is 0. The van der Waals surface area contributed by atoms with E-state index in [1.54, 1.807) is 24.3 Å². The minimum absolute atomic E-state index is 0.144. The van der Waals surface area contributed by atoms with Crippen molar-refractivity contribution in [3.05, 3.63) is 40.3 Å². The van der Waals surface area contributed by atoms with Crippen LogP contribution in [0.15, 0.2) is 29.7 Å². The Hall–Kier alpha value is -0.780. The number of halogens is 1. The first-order valence-corrected chi connectivity index (χ1v) is 7.21. The van der Waals surface area contributed by atoms with Crippen LogP contribution in [-0.4, -0.2) is 13.5 Å². The summed E-state index contributed by atoms with van der Waals surface area (Å²) >= 11 is 5.87. The van der Waals surface area contributed by atoms with Gasteiger partial charge in [-0.3, -0.25) is 4.79 Å². The minimum Gasteiger partial charge on any atom is -0.280 e. The Balaban J connectivity index is 2.59. The van der Waals surface area contributed by atoms with Crippen LogP contribution in [0.2, 0.25) is 5.02 Å². The first kappa shape index (κ1) is 10.7. The average Bonchev–Trinajstić information content (AvgIpc) is 2.40. The van der Waals surface area contributed by atoms with Gasteiger partial charge in [-0.2, -0.15) is 0 Å². The van der Waals surface area contributed by atoms with Crippen LogP contribution < -0.4 is 0 Å². The molecule has 0 radical (unpaired) electrons. The van der Waals surface area contributed by atoms with E-state index in [2.05, 4.69) is 0 Å². The third kappa shape index (κ3) is 2.09. The zero-order valence-electron chi connectivity index (χ0n) is 7.31. The van der Waals surface area contributed by atoms with Gasteiger partial charge in [0.1, 0.15) is 0 Å². The predicted octanol–water partition coefficient (Wildman–Crippen LogP) is 2.28. The molecule has 1 heterocycles. The molecule has 1 aromatic rings. The fourth-order valence-electron chi connectivity index (χ4n) is 1.22. The molecular weight excluding hydrogens is 256 g/mol. The number of benzene rings is 1. The quantitative estimate of drug-likeness (QED) is 0.727. The molecule has 15 heavy (non-hydrogen) atoms. The van der Waals surface area contributed by atoms with Gasteiger partial charge >= 0.3 is 0 Å². The Morgan fingerprint density at radius 3 is 2.40 bits per heavy atom.